The summed E-state index contributed by atoms with van der Waals surface area (Å²) in [5, 5.41) is 10.6. The third-order valence-corrected chi connectivity index (χ3v) is 19.2. The molecule has 19 heteroatoms. The maximum absolute atomic E-state index is 13.1. The number of esters is 4. The van der Waals surface area contributed by atoms with Gasteiger partial charge in [-0.05, 0) is 37.5 Å². The maximum atomic E-state index is 13.1. The van der Waals surface area contributed by atoms with E-state index in [0.717, 1.165) is 115 Å². The van der Waals surface area contributed by atoms with Crippen LogP contribution >= 0.6 is 15.6 Å². The molecule has 0 saturated heterocycles. The lowest BCUT2D eigenvalue weighted by Gasteiger charge is -2.21. The lowest BCUT2D eigenvalue weighted by molar-refractivity contribution is -0.161. The van der Waals surface area contributed by atoms with Crippen LogP contribution in [0.3, 0.4) is 0 Å². The van der Waals surface area contributed by atoms with E-state index in [0.29, 0.717) is 25.7 Å². The minimum atomic E-state index is -4.95. The molecule has 17 nitrogen and oxygen atoms in total. The fraction of sp³-hybridized carbons (Fsp3) is 0.945. The van der Waals surface area contributed by atoms with Crippen LogP contribution in [-0.2, 0) is 65.4 Å². The Morgan fingerprint density at radius 1 is 0.315 bits per heavy atom. The first-order valence-corrected chi connectivity index (χ1v) is 41.0. The van der Waals surface area contributed by atoms with Crippen LogP contribution in [0.4, 0.5) is 0 Å². The van der Waals surface area contributed by atoms with Crippen molar-refractivity contribution in [2.75, 3.05) is 39.6 Å². The van der Waals surface area contributed by atoms with E-state index in [9.17, 15) is 43.2 Å². The van der Waals surface area contributed by atoms with Gasteiger partial charge in [0.1, 0.15) is 19.3 Å². The Morgan fingerprint density at radius 3 is 0.826 bits per heavy atom. The molecular weight excluding hydrogens is 1210 g/mol. The van der Waals surface area contributed by atoms with E-state index in [4.69, 9.17) is 37.0 Å². The van der Waals surface area contributed by atoms with Crippen molar-refractivity contribution in [3.63, 3.8) is 0 Å². The molecule has 6 atom stereocenters. The van der Waals surface area contributed by atoms with Crippen LogP contribution < -0.4 is 0 Å². The van der Waals surface area contributed by atoms with Gasteiger partial charge in [0, 0.05) is 25.7 Å². The van der Waals surface area contributed by atoms with E-state index >= 15 is 0 Å². The fourth-order valence-electron chi connectivity index (χ4n) is 11.1. The Hall–Kier alpha value is -1.94. The number of phosphoric ester groups is 2. The van der Waals surface area contributed by atoms with Crippen molar-refractivity contribution < 1.29 is 80.2 Å². The van der Waals surface area contributed by atoms with E-state index in [1.165, 1.54) is 180 Å². The van der Waals surface area contributed by atoms with Crippen molar-refractivity contribution in [3.05, 3.63) is 0 Å². The Balaban J connectivity index is 5.21. The lowest BCUT2D eigenvalue weighted by atomic mass is 9.99. The molecule has 0 aromatic heterocycles. The van der Waals surface area contributed by atoms with E-state index in [1.54, 1.807) is 0 Å². The molecule has 92 heavy (non-hydrogen) atoms. The van der Waals surface area contributed by atoms with Gasteiger partial charge in [0.2, 0.25) is 0 Å². The Bertz CT molecular complexity index is 1790. The van der Waals surface area contributed by atoms with Crippen LogP contribution in [-0.4, -0.2) is 96.7 Å². The highest BCUT2D eigenvalue weighted by Gasteiger charge is 2.30. The van der Waals surface area contributed by atoms with Gasteiger partial charge in [0.15, 0.2) is 12.2 Å². The molecule has 0 aliphatic heterocycles. The van der Waals surface area contributed by atoms with Gasteiger partial charge in [0.25, 0.3) is 0 Å². The zero-order valence-electron chi connectivity index (χ0n) is 59.9. The number of unbranched alkanes of at least 4 members (excludes halogenated alkanes) is 41. The third-order valence-electron chi connectivity index (χ3n) is 17.3. The van der Waals surface area contributed by atoms with Crippen molar-refractivity contribution in [2.24, 2.45) is 11.8 Å². The first-order valence-electron chi connectivity index (χ1n) is 38.0. The van der Waals surface area contributed by atoms with Crippen LogP contribution in [0.15, 0.2) is 0 Å². The van der Waals surface area contributed by atoms with Gasteiger partial charge < -0.3 is 33.8 Å². The SMILES string of the molecule is CCCCCCCCCCCCCCCCCCCC(=O)O[C@H](COC(=O)CCCCCCCCCCCCCCCC(C)C)COP(=O)(O)OC[C@@H](O)COP(=O)(O)OC[C@@H](COC(=O)CCCCCCCCC)OC(=O)CCCCCCCCCCC(C)CC. The van der Waals surface area contributed by atoms with E-state index < -0.39 is 97.5 Å². The summed E-state index contributed by atoms with van der Waals surface area (Å²) in [6.07, 6.45) is 51.4. The standard InChI is InChI=1S/C73H142O17P2/c1-7-10-12-14-16-17-18-19-20-21-22-25-29-32-39-45-51-57-72(77)89-69(62-84-71(76)56-50-44-38-31-28-26-23-24-27-30-36-41-47-53-65(4)5)64-88-92(81,82)86-60-67(74)59-85-91(79,80)87-63-68(61-83-70(75)55-49-43-35-15-13-11-8-2)90-73(78)58-52-46-40-34-33-37-42-48-54-66(6)9-3/h65-69,74H,7-64H2,1-6H3,(H,79,80)(H,81,82)/t66?,67-,68+,69+/m0/s1. The molecule has 0 rings (SSSR count). The molecule has 0 spiro atoms. The molecule has 0 amide bonds. The van der Waals surface area contributed by atoms with Crippen molar-refractivity contribution in [2.45, 2.75) is 394 Å². The highest BCUT2D eigenvalue weighted by atomic mass is 31.2. The number of aliphatic hydroxyl groups is 1. The van der Waals surface area contributed by atoms with Gasteiger partial charge in [-0.3, -0.25) is 37.3 Å². The van der Waals surface area contributed by atoms with Crippen LogP contribution in [0, 0.1) is 11.8 Å². The topological polar surface area (TPSA) is 237 Å². The molecule has 0 aromatic rings. The molecule has 0 aliphatic rings. The minimum Gasteiger partial charge on any atom is -0.462 e. The van der Waals surface area contributed by atoms with Crippen LogP contribution in [0.2, 0.25) is 0 Å². The van der Waals surface area contributed by atoms with Gasteiger partial charge in [-0.15, -0.1) is 0 Å². The third kappa shape index (κ3) is 65.4. The van der Waals surface area contributed by atoms with Gasteiger partial charge in [-0.2, -0.15) is 0 Å². The summed E-state index contributed by atoms with van der Waals surface area (Å²) in [6.45, 7) is 9.55. The molecule has 0 aliphatic carbocycles. The van der Waals surface area contributed by atoms with E-state index in [-0.39, 0.29) is 25.7 Å². The predicted molar refractivity (Wildman–Crippen MR) is 372 cm³/mol. The second-order valence-corrected chi connectivity index (χ2v) is 30.0. The maximum Gasteiger partial charge on any atom is 0.472 e. The molecule has 0 bridgehead atoms. The Morgan fingerprint density at radius 2 is 0.554 bits per heavy atom. The second kappa shape index (κ2) is 65.0. The summed E-state index contributed by atoms with van der Waals surface area (Å²) >= 11 is 0. The molecule has 0 heterocycles. The molecule has 0 saturated carbocycles. The Labute approximate surface area is 562 Å². The summed E-state index contributed by atoms with van der Waals surface area (Å²) in [4.78, 5) is 72.6. The highest BCUT2D eigenvalue weighted by molar-refractivity contribution is 7.47. The number of hydrogen-bond acceptors (Lipinski definition) is 15. The summed E-state index contributed by atoms with van der Waals surface area (Å²) in [5.41, 5.74) is 0. The second-order valence-electron chi connectivity index (χ2n) is 27.1. The number of hydrogen-bond donors (Lipinski definition) is 3. The number of phosphoric acid groups is 2. The van der Waals surface area contributed by atoms with Crippen LogP contribution in [0.5, 0.6) is 0 Å². The summed E-state index contributed by atoms with van der Waals surface area (Å²) in [6, 6.07) is 0. The molecule has 3 unspecified atom stereocenters. The zero-order chi connectivity index (χ0) is 67.9. The summed E-state index contributed by atoms with van der Waals surface area (Å²) in [5.74, 6) is -0.564. The van der Waals surface area contributed by atoms with Crippen molar-refractivity contribution in [1.29, 1.82) is 0 Å². The first-order chi connectivity index (χ1) is 44.4. The van der Waals surface area contributed by atoms with E-state index in [2.05, 4.69) is 41.5 Å². The largest absolute Gasteiger partial charge is 0.472 e. The summed E-state index contributed by atoms with van der Waals surface area (Å²) in [7, 11) is -9.90. The number of carbonyl (C=O) groups excluding carboxylic acids is 4. The lowest BCUT2D eigenvalue weighted by Crippen LogP contribution is -2.30. The van der Waals surface area contributed by atoms with E-state index in [1.807, 2.05) is 0 Å². The zero-order valence-corrected chi connectivity index (χ0v) is 61.6. The molecular formula is C73H142O17P2. The average Bonchev–Trinajstić information content (AvgIpc) is 3.33. The smallest absolute Gasteiger partial charge is 0.462 e. The molecule has 546 valence electrons. The molecule has 0 radical (unpaired) electrons. The molecule has 3 N–H and O–H groups in total. The number of carbonyl (C=O) groups is 4. The highest BCUT2D eigenvalue weighted by Crippen LogP contribution is 2.45. The summed E-state index contributed by atoms with van der Waals surface area (Å²) < 4.78 is 68.3. The molecule has 0 fully saturated rings. The number of ether oxygens (including phenoxy) is 4. The fourth-order valence-corrected chi connectivity index (χ4v) is 12.7. The molecule has 0 aromatic carbocycles. The Kier molecular flexibility index (Phi) is 63.7. The van der Waals surface area contributed by atoms with Gasteiger partial charge >= 0.3 is 39.5 Å². The number of rotatable bonds is 72. The van der Waals surface area contributed by atoms with Crippen LogP contribution in [0.25, 0.3) is 0 Å². The van der Waals surface area contributed by atoms with Gasteiger partial charge in [0.05, 0.1) is 26.4 Å². The van der Waals surface area contributed by atoms with Crippen molar-refractivity contribution >= 4 is 39.5 Å². The van der Waals surface area contributed by atoms with Crippen molar-refractivity contribution in [1.82, 2.24) is 0 Å². The normalized spacial score (nSPS) is 14.4. The van der Waals surface area contributed by atoms with Gasteiger partial charge in [-0.25, -0.2) is 9.13 Å². The monoisotopic (exact) mass is 1350 g/mol. The van der Waals surface area contributed by atoms with Crippen LogP contribution in [0.1, 0.15) is 375 Å². The number of aliphatic hydroxyl groups excluding tert-OH is 1. The van der Waals surface area contributed by atoms with Crippen molar-refractivity contribution in [3.8, 4) is 0 Å². The predicted octanol–water partition coefficient (Wildman–Crippen LogP) is 21.2. The minimum absolute atomic E-state index is 0.105. The average molecular weight is 1350 g/mol. The quantitative estimate of drug-likeness (QED) is 0.0222. The first kappa shape index (κ1) is 90.1. The van der Waals surface area contributed by atoms with Gasteiger partial charge in [-0.1, -0.05) is 324 Å².